The molecule has 1 unspecified atom stereocenters. The number of halogens is 1. The van der Waals surface area contributed by atoms with E-state index in [0.29, 0.717) is 11.1 Å². The molecule has 0 heterocycles. The van der Waals surface area contributed by atoms with Gasteiger partial charge in [0.1, 0.15) is 5.82 Å². The highest BCUT2D eigenvalue weighted by molar-refractivity contribution is 7.98. The lowest BCUT2D eigenvalue weighted by molar-refractivity contribution is 0.596. The molecule has 0 spiro atoms. The highest BCUT2D eigenvalue weighted by atomic mass is 32.2. The van der Waals surface area contributed by atoms with Crippen LogP contribution < -0.4 is 5.32 Å². The van der Waals surface area contributed by atoms with Crippen molar-refractivity contribution in [3.63, 3.8) is 0 Å². The average Bonchev–Trinajstić information content (AvgIpc) is 2.49. The van der Waals surface area contributed by atoms with Crippen LogP contribution in [0.2, 0.25) is 0 Å². The fourth-order valence-electron chi connectivity index (χ4n) is 2.66. The van der Waals surface area contributed by atoms with E-state index in [0.717, 1.165) is 12.1 Å². The van der Waals surface area contributed by atoms with Gasteiger partial charge in [0.15, 0.2) is 0 Å². The summed E-state index contributed by atoms with van der Waals surface area (Å²) in [5.74, 6) is -0.104. The molecule has 1 N–H and O–H groups in total. The highest BCUT2D eigenvalue weighted by Gasteiger charge is 2.18. The lowest BCUT2D eigenvalue weighted by Crippen LogP contribution is -2.23. The van der Waals surface area contributed by atoms with Gasteiger partial charge in [-0.1, -0.05) is 37.3 Å². The summed E-state index contributed by atoms with van der Waals surface area (Å²) in [6.45, 7) is 6.62. The first-order valence-electron chi connectivity index (χ1n) is 7.21. The summed E-state index contributed by atoms with van der Waals surface area (Å²) < 4.78 is 13.9. The Morgan fingerprint density at radius 2 is 1.76 bits per heavy atom. The number of benzene rings is 2. The zero-order valence-electron chi connectivity index (χ0n) is 13.0. The smallest absolute Gasteiger partial charge is 0.129 e. The van der Waals surface area contributed by atoms with Gasteiger partial charge in [-0.05, 0) is 55.0 Å². The standard InChI is InChI=1S/C18H22FNS/c1-5-20-18(15-8-6-7-9-16(15)21-4)14-10-12(2)17(19)13(3)11-14/h6-11,18,20H,5H2,1-4H3. The molecular weight excluding hydrogens is 281 g/mol. The summed E-state index contributed by atoms with van der Waals surface area (Å²) in [4.78, 5) is 1.25. The summed E-state index contributed by atoms with van der Waals surface area (Å²) in [5, 5.41) is 3.53. The van der Waals surface area contributed by atoms with Gasteiger partial charge >= 0.3 is 0 Å². The van der Waals surface area contributed by atoms with Crippen LogP contribution in [0.4, 0.5) is 4.39 Å². The first-order valence-corrected chi connectivity index (χ1v) is 8.43. The predicted octanol–water partition coefficient (Wildman–Crippen LogP) is 4.86. The molecule has 112 valence electrons. The molecule has 0 aliphatic rings. The molecule has 21 heavy (non-hydrogen) atoms. The average molecular weight is 303 g/mol. The molecule has 2 rings (SSSR count). The molecule has 0 aliphatic heterocycles. The van der Waals surface area contributed by atoms with Crippen molar-refractivity contribution in [3.8, 4) is 0 Å². The minimum Gasteiger partial charge on any atom is -0.306 e. The Morgan fingerprint density at radius 3 is 2.33 bits per heavy atom. The number of aryl methyl sites for hydroxylation is 2. The van der Waals surface area contributed by atoms with E-state index in [1.165, 1.54) is 10.5 Å². The molecule has 2 aromatic carbocycles. The molecule has 3 heteroatoms. The molecule has 1 atom stereocenters. The van der Waals surface area contributed by atoms with Gasteiger partial charge in [-0.15, -0.1) is 11.8 Å². The number of rotatable bonds is 5. The Labute approximate surface area is 131 Å². The molecular formula is C18H22FNS. The lowest BCUT2D eigenvalue weighted by Gasteiger charge is -2.22. The van der Waals surface area contributed by atoms with E-state index in [2.05, 4.69) is 42.8 Å². The van der Waals surface area contributed by atoms with E-state index >= 15 is 0 Å². The predicted molar refractivity (Wildman–Crippen MR) is 89.6 cm³/mol. The molecule has 0 saturated carbocycles. The maximum absolute atomic E-state index is 13.9. The minimum absolute atomic E-state index is 0.0941. The summed E-state index contributed by atoms with van der Waals surface area (Å²) in [6.07, 6.45) is 2.09. The third-order valence-electron chi connectivity index (χ3n) is 3.65. The Bertz CT molecular complexity index is 601. The van der Waals surface area contributed by atoms with E-state index < -0.39 is 0 Å². The third-order valence-corrected chi connectivity index (χ3v) is 4.46. The van der Waals surface area contributed by atoms with Crippen LogP contribution in [0.15, 0.2) is 41.3 Å². The second kappa shape index (κ2) is 7.10. The minimum atomic E-state index is -0.104. The van der Waals surface area contributed by atoms with E-state index in [1.807, 2.05) is 26.0 Å². The van der Waals surface area contributed by atoms with Crippen molar-refractivity contribution in [1.82, 2.24) is 5.32 Å². The van der Waals surface area contributed by atoms with Crippen LogP contribution in [0.1, 0.15) is 35.2 Å². The summed E-state index contributed by atoms with van der Waals surface area (Å²) in [7, 11) is 0. The van der Waals surface area contributed by atoms with Gasteiger partial charge in [-0.2, -0.15) is 0 Å². The first kappa shape index (κ1) is 16.1. The van der Waals surface area contributed by atoms with Gasteiger partial charge in [-0.25, -0.2) is 4.39 Å². The molecule has 2 aromatic rings. The first-order chi connectivity index (χ1) is 10.1. The zero-order chi connectivity index (χ0) is 15.4. The van der Waals surface area contributed by atoms with Gasteiger partial charge in [0, 0.05) is 4.90 Å². The Morgan fingerprint density at radius 1 is 1.14 bits per heavy atom. The quantitative estimate of drug-likeness (QED) is 0.791. The van der Waals surface area contributed by atoms with Crippen molar-refractivity contribution in [2.45, 2.75) is 31.7 Å². The fraction of sp³-hybridized carbons (Fsp3) is 0.333. The van der Waals surface area contributed by atoms with Crippen molar-refractivity contribution in [1.29, 1.82) is 0 Å². The van der Waals surface area contributed by atoms with E-state index in [-0.39, 0.29) is 11.9 Å². The number of hydrogen-bond donors (Lipinski definition) is 1. The normalized spacial score (nSPS) is 12.4. The molecule has 0 saturated heterocycles. The third kappa shape index (κ3) is 3.47. The lowest BCUT2D eigenvalue weighted by atomic mass is 9.95. The van der Waals surface area contributed by atoms with E-state index in [9.17, 15) is 4.39 Å². The van der Waals surface area contributed by atoms with Gasteiger partial charge in [-0.3, -0.25) is 0 Å². The van der Waals surface area contributed by atoms with Crippen molar-refractivity contribution in [2.75, 3.05) is 12.8 Å². The molecule has 0 amide bonds. The highest BCUT2D eigenvalue weighted by Crippen LogP contribution is 2.31. The van der Waals surface area contributed by atoms with Crippen molar-refractivity contribution >= 4 is 11.8 Å². The van der Waals surface area contributed by atoms with Crippen molar-refractivity contribution < 1.29 is 4.39 Å². The van der Waals surface area contributed by atoms with Crippen LogP contribution in [0.5, 0.6) is 0 Å². The molecule has 0 aromatic heterocycles. The van der Waals surface area contributed by atoms with Gasteiger partial charge in [0.2, 0.25) is 0 Å². The Hall–Kier alpha value is -1.32. The monoisotopic (exact) mass is 303 g/mol. The Kier molecular flexibility index (Phi) is 5.43. The van der Waals surface area contributed by atoms with Crippen LogP contribution in [0, 0.1) is 19.7 Å². The van der Waals surface area contributed by atoms with Crippen molar-refractivity contribution in [3.05, 3.63) is 64.5 Å². The second-order valence-corrected chi connectivity index (χ2v) is 6.05. The summed E-state index contributed by atoms with van der Waals surface area (Å²) in [6, 6.07) is 12.4. The Balaban J connectivity index is 2.53. The van der Waals surface area contributed by atoms with Crippen LogP contribution in [0.3, 0.4) is 0 Å². The topological polar surface area (TPSA) is 12.0 Å². The van der Waals surface area contributed by atoms with Gasteiger partial charge < -0.3 is 5.32 Å². The second-order valence-electron chi connectivity index (χ2n) is 5.20. The fourth-order valence-corrected chi connectivity index (χ4v) is 3.30. The van der Waals surface area contributed by atoms with Crippen LogP contribution >= 0.6 is 11.8 Å². The largest absolute Gasteiger partial charge is 0.306 e. The molecule has 1 nitrogen and oxygen atoms in total. The number of nitrogens with one attached hydrogen (secondary N) is 1. The van der Waals surface area contributed by atoms with Crippen LogP contribution in [-0.4, -0.2) is 12.8 Å². The summed E-state index contributed by atoms with van der Waals surface area (Å²) >= 11 is 1.74. The maximum Gasteiger partial charge on any atom is 0.129 e. The van der Waals surface area contributed by atoms with Crippen LogP contribution in [0.25, 0.3) is 0 Å². The SMILES string of the molecule is CCNC(c1cc(C)c(F)c(C)c1)c1ccccc1SC. The molecule has 0 fully saturated rings. The maximum atomic E-state index is 13.9. The number of hydrogen-bond acceptors (Lipinski definition) is 2. The number of thioether (sulfide) groups is 1. The molecule has 0 bridgehead atoms. The van der Waals surface area contributed by atoms with E-state index in [1.54, 1.807) is 11.8 Å². The van der Waals surface area contributed by atoms with Crippen molar-refractivity contribution in [2.24, 2.45) is 0 Å². The summed E-state index contributed by atoms with van der Waals surface area (Å²) in [5.41, 5.74) is 3.77. The molecule has 0 radical (unpaired) electrons. The van der Waals surface area contributed by atoms with E-state index in [4.69, 9.17) is 0 Å². The van der Waals surface area contributed by atoms with Gasteiger partial charge in [0.05, 0.1) is 6.04 Å². The van der Waals surface area contributed by atoms with Crippen LogP contribution in [-0.2, 0) is 0 Å². The molecule has 0 aliphatic carbocycles. The van der Waals surface area contributed by atoms with Gasteiger partial charge in [0.25, 0.3) is 0 Å². The zero-order valence-corrected chi connectivity index (χ0v) is 13.9.